The van der Waals surface area contributed by atoms with E-state index >= 15 is 0 Å². The first kappa shape index (κ1) is 18.5. The van der Waals surface area contributed by atoms with Gasteiger partial charge in [0.2, 0.25) is 5.91 Å². The Morgan fingerprint density at radius 2 is 2.11 bits per heavy atom. The number of para-hydroxylation sites is 1. The maximum absolute atomic E-state index is 12.2. The number of carbonyl (C=O) groups excluding carboxylic acids is 1. The third-order valence-electron chi connectivity index (χ3n) is 6.35. The zero-order chi connectivity index (χ0) is 19.5. The minimum Gasteiger partial charge on any atom is -0.382 e. The molecule has 3 atom stereocenters. The van der Waals surface area contributed by atoms with Crippen LogP contribution in [0.4, 0.5) is 5.82 Å². The van der Waals surface area contributed by atoms with Gasteiger partial charge < -0.3 is 11.1 Å². The van der Waals surface area contributed by atoms with Crippen LogP contribution in [0.3, 0.4) is 0 Å². The lowest BCUT2D eigenvalue weighted by atomic mass is 9.86. The Balaban J connectivity index is 1.29. The van der Waals surface area contributed by atoms with E-state index in [-0.39, 0.29) is 5.91 Å². The van der Waals surface area contributed by atoms with E-state index in [1.54, 1.807) is 4.68 Å². The first-order valence-corrected chi connectivity index (χ1v) is 10.2. The van der Waals surface area contributed by atoms with Crippen LogP contribution in [0.15, 0.2) is 30.3 Å². The lowest BCUT2D eigenvalue weighted by Crippen LogP contribution is -2.28. The summed E-state index contributed by atoms with van der Waals surface area (Å²) in [6.07, 6.45) is 7.26. The maximum atomic E-state index is 12.2. The highest BCUT2D eigenvalue weighted by Crippen LogP contribution is 2.49. The predicted octanol–water partition coefficient (Wildman–Crippen LogP) is 3.20. The van der Waals surface area contributed by atoms with E-state index in [4.69, 9.17) is 5.73 Å². The Hall–Kier alpha value is -2.81. The van der Waals surface area contributed by atoms with E-state index in [0.717, 1.165) is 23.9 Å². The lowest BCUT2D eigenvalue weighted by Gasteiger charge is -2.20. The fourth-order valence-electron chi connectivity index (χ4n) is 4.96. The highest BCUT2D eigenvalue weighted by Gasteiger charge is 2.39. The molecule has 2 aliphatic carbocycles. The molecule has 6 heteroatoms. The zero-order valence-electron chi connectivity index (χ0n) is 16.1. The summed E-state index contributed by atoms with van der Waals surface area (Å²) in [7, 11) is 0. The summed E-state index contributed by atoms with van der Waals surface area (Å²) in [4.78, 5) is 12.2. The number of nitrogens with two attached hydrogens (primary N) is 1. The van der Waals surface area contributed by atoms with Crippen molar-refractivity contribution in [2.24, 2.45) is 17.8 Å². The van der Waals surface area contributed by atoms with E-state index in [1.807, 2.05) is 30.3 Å². The van der Waals surface area contributed by atoms with Crippen molar-refractivity contribution in [3.8, 4) is 11.8 Å². The first-order valence-electron chi connectivity index (χ1n) is 10.2. The van der Waals surface area contributed by atoms with Crippen molar-refractivity contribution in [2.45, 2.75) is 44.9 Å². The normalized spacial score (nSPS) is 22.9. The number of hydrogen-bond donors (Lipinski definition) is 2. The number of aryl methyl sites for hydroxylation is 1. The summed E-state index contributed by atoms with van der Waals surface area (Å²) in [5, 5.41) is 17.0. The summed E-state index contributed by atoms with van der Waals surface area (Å²) in [6, 6.07) is 11.7. The Bertz CT molecular complexity index is 882. The Morgan fingerprint density at radius 1 is 1.29 bits per heavy atom. The van der Waals surface area contributed by atoms with Crippen LogP contribution >= 0.6 is 0 Å². The van der Waals surface area contributed by atoms with E-state index in [1.165, 1.54) is 25.7 Å². The highest BCUT2D eigenvalue weighted by atomic mass is 16.1. The molecule has 146 valence electrons. The molecule has 1 amide bonds. The van der Waals surface area contributed by atoms with Gasteiger partial charge in [-0.05, 0) is 62.0 Å². The van der Waals surface area contributed by atoms with Gasteiger partial charge in [0.1, 0.15) is 17.5 Å². The van der Waals surface area contributed by atoms with E-state index < -0.39 is 0 Å². The van der Waals surface area contributed by atoms with Crippen molar-refractivity contribution in [3.05, 3.63) is 41.6 Å². The predicted molar refractivity (Wildman–Crippen MR) is 108 cm³/mol. The van der Waals surface area contributed by atoms with Crippen LogP contribution < -0.4 is 11.1 Å². The molecule has 1 aromatic carbocycles. The van der Waals surface area contributed by atoms with Crippen molar-refractivity contribution in [1.29, 1.82) is 5.26 Å². The molecule has 6 nitrogen and oxygen atoms in total. The van der Waals surface area contributed by atoms with Crippen LogP contribution in [-0.2, 0) is 11.2 Å². The SMILES string of the molecule is N#Cc1c(CCCNC(=O)CC2CC3CCC2C3)nn(-c2ccccc2)c1N. The monoisotopic (exact) mass is 377 g/mol. The van der Waals surface area contributed by atoms with Crippen LogP contribution in [0.2, 0.25) is 0 Å². The highest BCUT2D eigenvalue weighted by molar-refractivity contribution is 5.76. The van der Waals surface area contributed by atoms with Crippen molar-refractivity contribution in [2.75, 3.05) is 12.3 Å². The average molecular weight is 377 g/mol. The van der Waals surface area contributed by atoms with Gasteiger partial charge >= 0.3 is 0 Å². The molecule has 3 unspecified atom stereocenters. The van der Waals surface area contributed by atoms with Crippen LogP contribution in [0.1, 0.15) is 49.8 Å². The minimum atomic E-state index is 0.160. The number of carbonyl (C=O) groups is 1. The number of fused-ring (bicyclic) bond motifs is 2. The lowest BCUT2D eigenvalue weighted by molar-refractivity contribution is -0.122. The number of anilines is 1. The van der Waals surface area contributed by atoms with Gasteiger partial charge in [-0.2, -0.15) is 10.4 Å². The molecule has 1 heterocycles. The van der Waals surface area contributed by atoms with Gasteiger partial charge in [-0.25, -0.2) is 4.68 Å². The zero-order valence-corrected chi connectivity index (χ0v) is 16.1. The number of rotatable bonds is 7. The van der Waals surface area contributed by atoms with Crippen LogP contribution in [0.5, 0.6) is 0 Å². The number of nitrogens with zero attached hydrogens (tertiary/aromatic N) is 3. The van der Waals surface area contributed by atoms with Gasteiger partial charge in [-0.1, -0.05) is 24.6 Å². The summed E-state index contributed by atoms with van der Waals surface area (Å²) < 4.78 is 1.61. The summed E-state index contributed by atoms with van der Waals surface area (Å²) in [5.74, 6) is 2.76. The number of nitriles is 1. The topological polar surface area (TPSA) is 96.7 Å². The summed E-state index contributed by atoms with van der Waals surface area (Å²) in [5.41, 5.74) is 8.08. The second-order valence-electron chi connectivity index (χ2n) is 8.16. The molecule has 0 radical (unpaired) electrons. The third kappa shape index (κ3) is 3.75. The van der Waals surface area contributed by atoms with Crippen LogP contribution in [-0.4, -0.2) is 22.2 Å². The fraction of sp³-hybridized carbons (Fsp3) is 0.500. The van der Waals surface area contributed by atoms with Gasteiger partial charge in [0.15, 0.2) is 0 Å². The first-order chi connectivity index (χ1) is 13.7. The average Bonchev–Trinajstić information content (AvgIpc) is 3.40. The number of nitrogen functional groups attached to an aromatic ring is 1. The van der Waals surface area contributed by atoms with Gasteiger partial charge in [0.25, 0.3) is 0 Å². The molecule has 2 aliphatic rings. The van der Waals surface area contributed by atoms with Crippen molar-refractivity contribution in [3.63, 3.8) is 0 Å². The van der Waals surface area contributed by atoms with Crippen LogP contribution in [0.25, 0.3) is 5.69 Å². The van der Waals surface area contributed by atoms with Gasteiger partial charge in [0, 0.05) is 13.0 Å². The third-order valence-corrected chi connectivity index (χ3v) is 6.35. The molecule has 0 spiro atoms. The van der Waals surface area contributed by atoms with Crippen molar-refractivity contribution in [1.82, 2.24) is 15.1 Å². The molecule has 4 rings (SSSR count). The molecular weight excluding hydrogens is 350 g/mol. The molecule has 0 aliphatic heterocycles. The number of benzene rings is 1. The quantitative estimate of drug-likeness (QED) is 0.724. The number of aromatic nitrogens is 2. The number of hydrogen-bond acceptors (Lipinski definition) is 4. The molecule has 2 saturated carbocycles. The number of nitrogens with one attached hydrogen (secondary N) is 1. The molecule has 2 bridgehead atoms. The fourth-order valence-corrected chi connectivity index (χ4v) is 4.96. The summed E-state index contributed by atoms with van der Waals surface area (Å²) >= 11 is 0. The summed E-state index contributed by atoms with van der Waals surface area (Å²) in [6.45, 7) is 0.600. The van der Waals surface area contributed by atoms with E-state index in [9.17, 15) is 10.1 Å². The standard InChI is InChI=1S/C22H27N5O/c23-14-19-20(26-27(22(19)24)18-5-2-1-3-6-18)7-4-10-25-21(28)13-17-12-15-8-9-16(17)11-15/h1-3,5-6,15-17H,4,7-13,24H2,(H,25,28). The molecule has 2 aromatic rings. The minimum absolute atomic E-state index is 0.160. The second-order valence-corrected chi connectivity index (χ2v) is 8.16. The van der Waals surface area contributed by atoms with Crippen LogP contribution in [0, 0.1) is 29.1 Å². The molecule has 0 saturated heterocycles. The smallest absolute Gasteiger partial charge is 0.220 e. The molecular formula is C22H27N5O. The molecule has 1 aromatic heterocycles. The Morgan fingerprint density at radius 3 is 2.79 bits per heavy atom. The number of amides is 1. The van der Waals surface area contributed by atoms with Gasteiger partial charge in [-0.3, -0.25) is 4.79 Å². The van der Waals surface area contributed by atoms with E-state index in [2.05, 4.69) is 16.5 Å². The Kier molecular flexibility index (Phi) is 5.34. The largest absolute Gasteiger partial charge is 0.382 e. The maximum Gasteiger partial charge on any atom is 0.220 e. The Labute approximate surface area is 165 Å². The molecule has 3 N–H and O–H groups in total. The van der Waals surface area contributed by atoms with Gasteiger partial charge in [0.05, 0.1) is 11.4 Å². The van der Waals surface area contributed by atoms with E-state index in [0.29, 0.717) is 42.4 Å². The van der Waals surface area contributed by atoms with Crippen molar-refractivity contribution < 1.29 is 4.79 Å². The molecule has 2 fully saturated rings. The second kappa shape index (κ2) is 8.05. The van der Waals surface area contributed by atoms with Crippen molar-refractivity contribution >= 4 is 11.7 Å². The van der Waals surface area contributed by atoms with Gasteiger partial charge in [-0.15, -0.1) is 0 Å². The molecule has 28 heavy (non-hydrogen) atoms.